The molecule has 1 fully saturated rings. The van der Waals surface area contributed by atoms with E-state index in [9.17, 15) is 9.59 Å². The molecule has 23 heavy (non-hydrogen) atoms. The molecule has 1 aliphatic carbocycles. The molecule has 1 aliphatic rings. The lowest BCUT2D eigenvalue weighted by Gasteiger charge is -2.36. The van der Waals surface area contributed by atoms with Crippen molar-refractivity contribution in [3.8, 4) is 0 Å². The first kappa shape index (κ1) is 20.2. The summed E-state index contributed by atoms with van der Waals surface area (Å²) < 4.78 is 6.08. The molecule has 0 spiro atoms. The maximum atomic E-state index is 12.3. The van der Waals surface area contributed by atoms with Crippen molar-refractivity contribution in [1.82, 2.24) is 5.32 Å². The van der Waals surface area contributed by atoms with Crippen LogP contribution in [0, 0.1) is 5.92 Å². The summed E-state index contributed by atoms with van der Waals surface area (Å²) in [6.45, 7) is 11.3. The number of amides is 2. The molecule has 1 rings (SSSR count). The van der Waals surface area contributed by atoms with Gasteiger partial charge in [-0.05, 0) is 37.4 Å². The van der Waals surface area contributed by atoms with Gasteiger partial charge in [0.1, 0.15) is 6.04 Å². The van der Waals surface area contributed by atoms with Crippen LogP contribution in [0.2, 0.25) is 18.1 Å². The molecule has 0 aromatic carbocycles. The van der Waals surface area contributed by atoms with Crippen molar-refractivity contribution < 1.29 is 14.0 Å². The van der Waals surface area contributed by atoms with Gasteiger partial charge in [0.15, 0.2) is 8.32 Å². The second kappa shape index (κ2) is 8.28. The van der Waals surface area contributed by atoms with Crippen molar-refractivity contribution >= 4 is 20.1 Å². The van der Waals surface area contributed by atoms with Gasteiger partial charge in [-0.25, -0.2) is 0 Å². The van der Waals surface area contributed by atoms with E-state index in [0.717, 1.165) is 25.7 Å². The zero-order chi connectivity index (χ0) is 17.7. The fourth-order valence-corrected chi connectivity index (χ4v) is 3.65. The number of carbonyl (C=O) groups excluding carboxylic acids is 2. The Balaban J connectivity index is 2.49. The van der Waals surface area contributed by atoms with Gasteiger partial charge < -0.3 is 15.5 Å². The van der Waals surface area contributed by atoms with Crippen molar-refractivity contribution in [2.45, 2.75) is 83.5 Å². The molecule has 0 aliphatic heterocycles. The van der Waals surface area contributed by atoms with E-state index in [-0.39, 0.29) is 16.9 Å². The van der Waals surface area contributed by atoms with Crippen molar-refractivity contribution in [3.63, 3.8) is 0 Å². The summed E-state index contributed by atoms with van der Waals surface area (Å²) >= 11 is 0. The third kappa shape index (κ3) is 6.26. The van der Waals surface area contributed by atoms with E-state index >= 15 is 0 Å². The molecule has 0 radical (unpaired) electrons. The molecular weight excluding hydrogens is 308 g/mol. The second-order valence-corrected chi connectivity index (χ2v) is 13.0. The number of rotatable bonds is 7. The minimum absolute atomic E-state index is 0.0270. The summed E-state index contributed by atoms with van der Waals surface area (Å²) in [5.41, 5.74) is 5.45. The fraction of sp³-hybridized carbons (Fsp3) is 0.882. The van der Waals surface area contributed by atoms with Crippen LogP contribution in [0.1, 0.15) is 59.3 Å². The van der Waals surface area contributed by atoms with Gasteiger partial charge in [-0.2, -0.15) is 0 Å². The molecule has 3 N–H and O–H groups in total. The number of nitrogens with one attached hydrogen (secondary N) is 1. The number of hydrogen-bond acceptors (Lipinski definition) is 3. The molecule has 5 nitrogen and oxygen atoms in total. The second-order valence-electron chi connectivity index (χ2n) is 8.20. The minimum atomic E-state index is -1.84. The van der Waals surface area contributed by atoms with Crippen molar-refractivity contribution in [1.29, 1.82) is 0 Å². The molecular formula is C17H34N2O3Si. The first-order chi connectivity index (χ1) is 10.5. The quantitative estimate of drug-likeness (QED) is 0.698. The molecule has 0 saturated heterocycles. The highest BCUT2D eigenvalue weighted by atomic mass is 28.4. The predicted octanol–water partition coefficient (Wildman–Crippen LogP) is 2.95. The van der Waals surface area contributed by atoms with E-state index < -0.39 is 20.3 Å². The van der Waals surface area contributed by atoms with Gasteiger partial charge in [-0.15, -0.1) is 0 Å². The van der Waals surface area contributed by atoms with E-state index in [1.54, 1.807) is 0 Å². The summed E-state index contributed by atoms with van der Waals surface area (Å²) in [4.78, 5) is 23.9. The zero-order valence-corrected chi connectivity index (χ0v) is 16.4. The summed E-state index contributed by atoms with van der Waals surface area (Å²) in [7, 11) is -1.84. The van der Waals surface area contributed by atoms with Crippen LogP contribution in [0.25, 0.3) is 0 Å². The van der Waals surface area contributed by atoms with E-state index in [4.69, 9.17) is 10.2 Å². The lowest BCUT2D eigenvalue weighted by molar-refractivity contribution is -0.130. The van der Waals surface area contributed by atoms with Crippen LogP contribution in [0.3, 0.4) is 0 Å². The van der Waals surface area contributed by atoms with Crippen molar-refractivity contribution in [2.75, 3.05) is 6.61 Å². The van der Waals surface area contributed by atoms with Crippen molar-refractivity contribution in [3.05, 3.63) is 0 Å². The third-order valence-corrected chi connectivity index (χ3v) is 9.85. The molecule has 0 heterocycles. The molecule has 1 saturated carbocycles. The van der Waals surface area contributed by atoms with Gasteiger partial charge in [0, 0.05) is 12.5 Å². The molecule has 6 heteroatoms. The minimum Gasteiger partial charge on any atom is -0.417 e. The van der Waals surface area contributed by atoms with Crippen LogP contribution in [0.15, 0.2) is 0 Å². The maximum absolute atomic E-state index is 12.3. The summed E-state index contributed by atoms with van der Waals surface area (Å²) in [6.07, 6.45) is 5.65. The SMILES string of the molecule is CC(C)(C)[Si](C)(C)OCC[C@@H](NC(=O)C1CCCCC1)C(N)=O. The fourth-order valence-electron chi connectivity index (χ4n) is 2.59. The van der Waals surface area contributed by atoms with Gasteiger partial charge in [0.2, 0.25) is 11.8 Å². The summed E-state index contributed by atoms with van der Waals surface area (Å²) in [6, 6.07) is -0.630. The van der Waals surface area contributed by atoms with Gasteiger partial charge >= 0.3 is 0 Å². The first-order valence-electron chi connectivity index (χ1n) is 8.78. The maximum Gasteiger partial charge on any atom is 0.240 e. The number of nitrogens with two attached hydrogens (primary N) is 1. The highest BCUT2D eigenvalue weighted by Gasteiger charge is 2.37. The van der Waals surface area contributed by atoms with Crippen molar-refractivity contribution in [2.24, 2.45) is 11.7 Å². The lowest BCUT2D eigenvalue weighted by Crippen LogP contribution is -2.48. The first-order valence-corrected chi connectivity index (χ1v) is 11.7. The highest BCUT2D eigenvalue weighted by Crippen LogP contribution is 2.36. The normalized spacial score (nSPS) is 18.5. The molecule has 0 bridgehead atoms. The van der Waals surface area contributed by atoms with Crippen LogP contribution >= 0.6 is 0 Å². The predicted molar refractivity (Wildman–Crippen MR) is 95.5 cm³/mol. The van der Waals surface area contributed by atoms with Gasteiger partial charge in [0.25, 0.3) is 0 Å². The van der Waals surface area contributed by atoms with Gasteiger partial charge in [-0.3, -0.25) is 9.59 Å². The average Bonchev–Trinajstić information content (AvgIpc) is 2.45. The Kier molecular flexibility index (Phi) is 7.26. The molecule has 0 aromatic heterocycles. The molecule has 1 atom stereocenters. The number of carbonyl (C=O) groups is 2. The Morgan fingerprint density at radius 2 is 1.78 bits per heavy atom. The van der Waals surface area contributed by atoms with Crippen LogP contribution in [0.5, 0.6) is 0 Å². The molecule has 0 aromatic rings. The molecule has 0 unspecified atom stereocenters. The van der Waals surface area contributed by atoms with E-state index in [1.165, 1.54) is 6.42 Å². The summed E-state index contributed by atoms with van der Waals surface area (Å²) in [5, 5.41) is 2.96. The topological polar surface area (TPSA) is 81.4 Å². The van der Waals surface area contributed by atoms with E-state index in [0.29, 0.717) is 13.0 Å². The van der Waals surface area contributed by atoms with Gasteiger partial charge in [-0.1, -0.05) is 40.0 Å². The largest absolute Gasteiger partial charge is 0.417 e. The Morgan fingerprint density at radius 3 is 2.26 bits per heavy atom. The van der Waals surface area contributed by atoms with E-state index in [1.807, 2.05) is 0 Å². The molecule has 134 valence electrons. The van der Waals surface area contributed by atoms with E-state index in [2.05, 4.69) is 39.2 Å². The van der Waals surface area contributed by atoms with Gasteiger partial charge in [0.05, 0.1) is 0 Å². The van der Waals surface area contributed by atoms with Crippen LogP contribution < -0.4 is 11.1 Å². The number of primary amides is 1. The highest BCUT2D eigenvalue weighted by molar-refractivity contribution is 6.74. The lowest BCUT2D eigenvalue weighted by atomic mass is 9.88. The third-order valence-electron chi connectivity index (χ3n) is 5.31. The Bertz CT molecular complexity index is 413. The zero-order valence-electron chi connectivity index (χ0n) is 15.4. The smallest absolute Gasteiger partial charge is 0.240 e. The number of hydrogen-bond donors (Lipinski definition) is 2. The Labute approximate surface area is 141 Å². The molecule has 2 amide bonds. The van der Waals surface area contributed by atoms with Crippen LogP contribution in [-0.2, 0) is 14.0 Å². The Morgan fingerprint density at radius 1 is 1.22 bits per heavy atom. The average molecular weight is 343 g/mol. The summed E-state index contributed by atoms with van der Waals surface area (Å²) in [5.74, 6) is -0.472. The van der Waals surface area contributed by atoms with Crippen LogP contribution in [-0.4, -0.2) is 32.8 Å². The monoisotopic (exact) mass is 342 g/mol. The standard InChI is InChI=1S/C17H34N2O3Si/c1-17(2,3)23(4,5)22-12-11-14(15(18)20)19-16(21)13-9-7-6-8-10-13/h13-14H,6-12H2,1-5H3,(H2,18,20)(H,19,21)/t14-/m1/s1. The van der Waals surface area contributed by atoms with Crippen LogP contribution in [0.4, 0.5) is 0 Å². The Hall–Kier alpha value is -0.883.